The van der Waals surface area contributed by atoms with Crippen LogP contribution >= 0.6 is 0 Å². The predicted molar refractivity (Wildman–Crippen MR) is 109 cm³/mol. The Balaban J connectivity index is 1.59. The fraction of sp³-hybridized carbons (Fsp3) is 0.208. The number of aliphatic hydroxyl groups is 1. The number of carbonyl (C=O) groups excluding carboxylic acids is 1. The van der Waals surface area contributed by atoms with Gasteiger partial charge < -0.3 is 15.1 Å². The lowest BCUT2D eigenvalue weighted by molar-refractivity contribution is -0.136. The van der Waals surface area contributed by atoms with Gasteiger partial charge in [-0.15, -0.1) is 0 Å². The van der Waals surface area contributed by atoms with Crippen molar-refractivity contribution >= 4 is 11.6 Å². The summed E-state index contributed by atoms with van der Waals surface area (Å²) in [6.45, 7) is 0. The van der Waals surface area contributed by atoms with Crippen molar-refractivity contribution in [3.05, 3.63) is 95.8 Å². The maximum atomic E-state index is 13.3. The number of rotatable bonds is 6. The zero-order chi connectivity index (χ0) is 20.4. The number of aliphatic hydroxyl groups excluding tert-OH is 1. The number of phenolic OH excluding ortho intramolecular Hbond substituents is 1. The summed E-state index contributed by atoms with van der Waals surface area (Å²) >= 11 is 0. The first-order valence-corrected chi connectivity index (χ1v) is 9.64. The summed E-state index contributed by atoms with van der Waals surface area (Å²) in [6, 6.07) is 21.8. The first-order valence-electron chi connectivity index (χ1n) is 9.64. The minimum absolute atomic E-state index is 0.133. The Hall–Kier alpha value is -3.18. The van der Waals surface area contributed by atoms with Crippen molar-refractivity contribution in [3.8, 4) is 5.75 Å². The molecular formula is C24H22FNO3. The van der Waals surface area contributed by atoms with Crippen LogP contribution in [0.15, 0.2) is 78.9 Å². The molecule has 5 heteroatoms. The number of benzene rings is 3. The van der Waals surface area contributed by atoms with E-state index in [2.05, 4.69) is 0 Å². The molecule has 1 amide bonds. The minimum atomic E-state index is -0.807. The molecule has 1 aliphatic heterocycles. The summed E-state index contributed by atoms with van der Waals surface area (Å²) in [7, 11) is 0. The summed E-state index contributed by atoms with van der Waals surface area (Å²) in [5, 5.41) is 20.4. The van der Waals surface area contributed by atoms with Crippen LogP contribution in [0.5, 0.6) is 5.75 Å². The number of amides is 1. The van der Waals surface area contributed by atoms with E-state index in [4.69, 9.17) is 0 Å². The largest absolute Gasteiger partial charge is 0.508 e. The molecule has 0 unspecified atom stereocenters. The molecule has 0 saturated carbocycles. The molecule has 1 heterocycles. The highest BCUT2D eigenvalue weighted by atomic mass is 19.1. The molecule has 0 bridgehead atoms. The Morgan fingerprint density at radius 2 is 1.59 bits per heavy atom. The Morgan fingerprint density at radius 1 is 0.931 bits per heavy atom. The van der Waals surface area contributed by atoms with Crippen LogP contribution in [0, 0.1) is 11.7 Å². The van der Waals surface area contributed by atoms with Gasteiger partial charge in [-0.25, -0.2) is 4.39 Å². The number of halogens is 1. The molecule has 3 atom stereocenters. The van der Waals surface area contributed by atoms with Gasteiger partial charge in [0.05, 0.1) is 18.1 Å². The summed E-state index contributed by atoms with van der Waals surface area (Å²) in [6.07, 6.45) is 0.329. The van der Waals surface area contributed by atoms with Crippen molar-refractivity contribution < 1.29 is 19.4 Å². The highest BCUT2D eigenvalue weighted by Crippen LogP contribution is 2.46. The van der Waals surface area contributed by atoms with E-state index in [0.29, 0.717) is 18.5 Å². The molecule has 3 aromatic carbocycles. The lowest BCUT2D eigenvalue weighted by atomic mass is 9.76. The zero-order valence-electron chi connectivity index (χ0n) is 15.8. The molecule has 4 rings (SSSR count). The van der Waals surface area contributed by atoms with Crippen LogP contribution in [0.1, 0.15) is 23.6 Å². The highest BCUT2D eigenvalue weighted by Gasteiger charge is 2.52. The molecule has 0 aliphatic carbocycles. The third-order valence-electron chi connectivity index (χ3n) is 5.47. The molecule has 4 nitrogen and oxygen atoms in total. The first-order chi connectivity index (χ1) is 14.0. The summed E-state index contributed by atoms with van der Waals surface area (Å²) in [4.78, 5) is 14.6. The maximum absolute atomic E-state index is 13.3. The van der Waals surface area contributed by atoms with Crippen molar-refractivity contribution in [3.63, 3.8) is 0 Å². The van der Waals surface area contributed by atoms with Gasteiger partial charge in [0.15, 0.2) is 0 Å². The van der Waals surface area contributed by atoms with Crippen LogP contribution in [0.4, 0.5) is 10.1 Å². The second kappa shape index (κ2) is 8.05. The molecular weight excluding hydrogens is 369 g/mol. The zero-order valence-corrected chi connectivity index (χ0v) is 15.8. The van der Waals surface area contributed by atoms with Gasteiger partial charge in [0.25, 0.3) is 0 Å². The van der Waals surface area contributed by atoms with Gasteiger partial charge in [0.1, 0.15) is 11.6 Å². The number of hydrogen-bond acceptors (Lipinski definition) is 3. The number of hydrogen-bond donors (Lipinski definition) is 2. The Kier molecular flexibility index (Phi) is 5.32. The van der Waals surface area contributed by atoms with Gasteiger partial charge >= 0.3 is 0 Å². The fourth-order valence-corrected chi connectivity index (χ4v) is 3.94. The lowest BCUT2D eigenvalue weighted by Crippen LogP contribution is -2.59. The lowest BCUT2D eigenvalue weighted by Gasteiger charge is -2.49. The molecule has 3 aromatic rings. The van der Waals surface area contributed by atoms with Crippen molar-refractivity contribution in [1.29, 1.82) is 0 Å². The van der Waals surface area contributed by atoms with E-state index in [0.717, 1.165) is 11.1 Å². The summed E-state index contributed by atoms with van der Waals surface area (Å²) in [5.74, 6) is -1.01. The third-order valence-corrected chi connectivity index (χ3v) is 5.47. The topological polar surface area (TPSA) is 60.8 Å². The van der Waals surface area contributed by atoms with Crippen LogP contribution in [-0.4, -0.2) is 22.2 Å². The Bertz CT molecular complexity index is 973. The average molecular weight is 391 g/mol. The minimum Gasteiger partial charge on any atom is -0.508 e. The highest BCUT2D eigenvalue weighted by molar-refractivity contribution is 6.03. The van der Waals surface area contributed by atoms with Gasteiger partial charge in [-0.1, -0.05) is 42.5 Å². The summed E-state index contributed by atoms with van der Waals surface area (Å²) < 4.78 is 13.3. The van der Waals surface area contributed by atoms with Crippen LogP contribution in [0.25, 0.3) is 0 Å². The quantitative estimate of drug-likeness (QED) is 0.618. The molecule has 29 heavy (non-hydrogen) atoms. The molecule has 1 fully saturated rings. The SMILES string of the molecule is O=C1[C@@H]([C@H](O)CCc2ccccc2)[C@@H](c2ccc(O)cc2)N1c1ccc(F)cc1. The summed E-state index contributed by atoms with van der Waals surface area (Å²) in [5.41, 5.74) is 2.51. The Morgan fingerprint density at radius 3 is 2.24 bits per heavy atom. The number of nitrogens with zero attached hydrogens (tertiary/aromatic N) is 1. The van der Waals surface area contributed by atoms with Crippen LogP contribution in [0.2, 0.25) is 0 Å². The van der Waals surface area contributed by atoms with E-state index >= 15 is 0 Å². The van der Waals surface area contributed by atoms with Crippen molar-refractivity contribution in [2.45, 2.75) is 25.0 Å². The predicted octanol–water partition coefficient (Wildman–Crippen LogP) is 4.23. The Labute approximate surface area is 168 Å². The normalized spacial score (nSPS) is 19.7. The molecule has 1 aliphatic rings. The number of carbonyl (C=O) groups is 1. The van der Waals surface area contributed by atoms with Crippen LogP contribution in [0.3, 0.4) is 0 Å². The first kappa shape index (κ1) is 19.2. The number of anilines is 1. The molecule has 148 valence electrons. The third kappa shape index (κ3) is 3.87. The van der Waals surface area contributed by atoms with E-state index in [-0.39, 0.29) is 23.5 Å². The molecule has 1 saturated heterocycles. The second-order valence-corrected chi connectivity index (χ2v) is 7.34. The van der Waals surface area contributed by atoms with Crippen LogP contribution in [-0.2, 0) is 11.2 Å². The molecule has 0 radical (unpaired) electrons. The number of phenols is 1. The van der Waals surface area contributed by atoms with E-state index in [1.54, 1.807) is 41.3 Å². The fourth-order valence-electron chi connectivity index (χ4n) is 3.94. The number of aryl methyl sites for hydroxylation is 1. The van der Waals surface area contributed by atoms with Gasteiger partial charge in [0, 0.05) is 5.69 Å². The van der Waals surface area contributed by atoms with Crippen molar-refractivity contribution in [2.24, 2.45) is 5.92 Å². The van der Waals surface area contributed by atoms with Gasteiger partial charge in [-0.05, 0) is 60.4 Å². The van der Waals surface area contributed by atoms with Crippen molar-refractivity contribution in [2.75, 3.05) is 4.90 Å². The van der Waals surface area contributed by atoms with E-state index in [9.17, 15) is 19.4 Å². The van der Waals surface area contributed by atoms with E-state index in [1.165, 1.54) is 12.1 Å². The molecule has 0 spiro atoms. The van der Waals surface area contributed by atoms with Gasteiger partial charge in [-0.3, -0.25) is 4.79 Å². The average Bonchev–Trinajstić information content (AvgIpc) is 2.73. The van der Waals surface area contributed by atoms with Gasteiger partial charge in [-0.2, -0.15) is 0 Å². The number of β-lactam (4-membered cyclic amide) rings is 1. The molecule has 0 aromatic heterocycles. The smallest absolute Gasteiger partial charge is 0.235 e. The second-order valence-electron chi connectivity index (χ2n) is 7.34. The maximum Gasteiger partial charge on any atom is 0.235 e. The number of aromatic hydroxyl groups is 1. The monoisotopic (exact) mass is 391 g/mol. The van der Waals surface area contributed by atoms with E-state index < -0.39 is 12.0 Å². The molecule has 2 N–H and O–H groups in total. The van der Waals surface area contributed by atoms with Crippen LogP contribution < -0.4 is 4.90 Å². The van der Waals surface area contributed by atoms with Gasteiger partial charge in [0.2, 0.25) is 5.91 Å². The standard InChI is InChI=1S/C24H22FNO3/c25-18-9-11-19(12-10-18)26-23(17-7-13-20(27)14-8-17)22(24(26)29)21(28)15-6-16-4-2-1-3-5-16/h1-5,7-14,21-23,27-28H,6,15H2/t21-,22+,23-/m1/s1. The van der Waals surface area contributed by atoms with E-state index in [1.807, 2.05) is 30.3 Å². The van der Waals surface area contributed by atoms with Crippen molar-refractivity contribution in [1.82, 2.24) is 0 Å².